The number of nitrogens with one attached hydrogen (secondary N) is 2. The molecule has 1 aliphatic rings. The third-order valence-corrected chi connectivity index (χ3v) is 3.85. The fourth-order valence-electron chi connectivity index (χ4n) is 2.77. The van der Waals surface area contributed by atoms with Gasteiger partial charge in [0.1, 0.15) is 5.70 Å². The Labute approximate surface area is 134 Å². The molecule has 1 unspecified atom stereocenters. The average molecular weight is 329 g/mol. The zero-order valence-electron chi connectivity index (χ0n) is 12.4. The molecule has 24 heavy (non-hydrogen) atoms. The van der Waals surface area contributed by atoms with E-state index in [-0.39, 0.29) is 11.4 Å². The molecule has 1 atom stereocenters. The Kier molecular flexibility index (Phi) is 3.53. The maximum atomic E-state index is 13.3. The first-order valence-corrected chi connectivity index (χ1v) is 6.86. The van der Waals surface area contributed by atoms with Crippen molar-refractivity contribution in [3.05, 3.63) is 64.0 Å². The minimum Gasteiger partial charge on any atom is -0.364 e. The number of aromatic nitrogens is 2. The van der Waals surface area contributed by atoms with Crippen LogP contribution in [0.4, 0.5) is 13.2 Å². The first kappa shape index (κ1) is 15.6. The van der Waals surface area contributed by atoms with Crippen LogP contribution in [0.15, 0.2) is 47.1 Å². The number of aromatic amines is 1. The number of halogens is 3. The van der Waals surface area contributed by atoms with Crippen LogP contribution in [-0.4, -0.2) is 16.4 Å². The maximum absolute atomic E-state index is 13.3. The summed E-state index contributed by atoms with van der Waals surface area (Å²) in [6, 6.07) is 6.53. The number of rotatable bonds is 1. The minimum absolute atomic E-state index is 0.0717. The highest BCUT2D eigenvalue weighted by molar-refractivity contribution is 5.79. The Morgan fingerprint density at radius 3 is 2.75 bits per heavy atom. The summed E-state index contributed by atoms with van der Waals surface area (Å²) in [6.45, 7) is 8.72. The Morgan fingerprint density at radius 2 is 2.12 bits per heavy atom. The number of benzene rings is 1. The molecular formula is C16H10F3N5. The average Bonchev–Trinajstić information content (AvgIpc) is 3.00. The van der Waals surface area contributed by atoms with Gasteiger partial charge >= 0.3 is 6.18 Å². The summed E-state index contributed by atoms with van der Waals surface area (Å²) >= 11 is 0. The van der Waals surface area contributed by atoms with Crippen molar-refractivity contribution in [1.82, 2.24) is 15.5 Å². The maximum Gasteiger partial charge on any atom is 0.432 e. The monoisotopic (exact) mass is 329 g/mol. The van der Waals surface area contributed by atoms with E-state index in [0.29, 0.717) is 10.9 Å². The summed E-state index contributed by atoms with van der Waals surface area (Å²) in [4.78, 5) is 3.36. The number of dihydropyridines is 1. The molecule has 1 aliphatic heterocycles. The lowest BCUT2D eigenvalue weighted by molar-refractivity contribution is -0.0969. The lowest BCUT2D eigenvalue weighted by Crippen LogP contribution is -2.32. The molecule has 0 saturated heterocycles. The van der Waals surface area contributed by atoms with Gasteiger partial charge in [0.15, 0.2) is 5.70 Å². The predicted molar refractivity (Wildman–Crippen MR) is 80.0 cm³/mol. The number of hydrogen-bond acceptors (Lipinski definition) is 3. The highest BCUT2D eigenvalue weighted by Gasteiger charge is 2.43. The Balaban J connectivity index is 2.26. The second-order valence-electron chi connectivity index (χ2n) is 5.29. The van der Waals surface area contributed by atoms with E-state index >= 15 is 0 Å². The van der Waals surface area contributed by atoms with Crippen LogP contribution < -0.4 is 5.32 Å². The second kappa shape index (κ2) is 5.43. The van der Waals surface area contributed by atoms with Gasteiger partial charge in [-0.3, -0.25) is 5.10 Å². The van der Waals surface area contributed by atoms with Gasteiger partial charge in [0, 0.05) is 11.1 Å². The smallest absolute Gasteiger partial charge is 0.364 e. The van der Waals surface area contributed by atoms with Gasteiger partial charge in [-0.25, -0.2) is 4.85 Å². The number of H-pyrrole nitrogens is 1. The van der Waals surface area contributed by atoms with E-state index in [1.165, 1.54) is 13.1 Å². The third-order valence-electron chi connectivity index (χ3n) is 3.85. The van der Waals surface area contributed by atoms with Gasteiger partial charge in [-0.2, -0.15) is 23.5 Å². The molecule has 2 heterocycles. The van der Waals surface area contributed by atoms with Crippen LogP contribution in [0.2, 0.25) is 0 Å². The SMILES string of the molecule is [C-]#[N+]C1=C(C)NC(C(F)(F)F)=C(C#N)C1c1ccc2[nH]ncc2c1. The summed E-state index contributed by atoms with van der Waals surface area (Å²) in [5.41, 5.74) is -0.310. The summed E-state index contributed by atoms with van der Waals surface area (Å²) < 4.78 is 39.9. The van der Waals surface area contributed by atoms with Crippen LogP contribution in [0.5, 0.6) is 0 Å². The number of nitriles is 1. The van der Waals surface area contributed by atoms with E-state index in [0.717, 1.165) is 5.52 Å². The zero-order chi connectivity index (χ0) is 17.5. The van der Waals surface area contributed by atoms with Crippen LogP contribution in [0.1, 0.15) is 18.4 Å². The van der Waals surface area contributed by atoms with Crippen molar-refractivity contribution in [2.45, 2.75) is 19.0 Å². The lowest BCUT2D eigenvalue weighted by atomic mass is 9.84. The zero-order valence-corrected chi connectivity index (χ0v) is 12.4. The van der Waals surface area contributed by atoms with Gasteiger partial charge < -0.3 is 5.32 Å². The Bertz CT molecular complexity index is 966. The second-order valence-corrected chi connectivity index (χ2v) is 5.29. The molecular weight excluding hydrogens is 319 g/mol. The first-order chi connectivity index (χ1) is 11.4. The van der Waals surface area contributed by atoms with Crippen LogP contribution >= 0.6 is 0 Å². The molecule has 5 nitrogen and oxygen atoms in total. The van der Waals surface area contributed by atoms with Crippen LogP contribution in [0, 0.1) is 17.9 Å². The van der Waals surface area contributed by atoms with E-state index < -0.39 is 23.4 Å². The van der Waals surface area contributed by atoms with E-state index in [1.54, 1.807) is 24.3 Å². The molecule has 0 spiro atoms. The number of fused-ring (bicyclic) bond motifs is 1. The predicted octanol–water partition coefficient (Wildman–Crippen LogP) is 3.74. The molecule has 2 aromatic rings. The summed E-state index contributed by atoms with van der Waals surface area (Å²) in [6.07, 6.45) is -3.17. The van der Waals surface area contributed by atoms with Gasteiger partial charge in [0.05, 0.1) is 35.8 Å². The van der Waals surface area contributed by atoms with Crippen molar-refractivity contribution in [2.75, 3.05) is 0 Å². The van der Waals surface area contributed by atoms with E-state index in [2.05, 4.69) is 20.4 Å². The van der Waals surface area contributed by atoms with Crippen molar-refractivity contribution in [1.29, 1.82) is 5.26 Å². The van der Waals surface area contributed by atoms with E-state index in [1.807, 2.05) is 0 Å². The third kappa shape index (κ3) is 2.38. The molecule has 0 saturated carbocycles. The van der Waals surface area contributed by atoms with Crippen LogP contribution in [0.25, 0.3) is 15.7 Å². The highest BCUT2D eigenvalue weighted by Crippen LogP contribution is 2.42. The molecule has 1 aromatic heterocycles. The molecule has 8 heteroatoms. The number of allylic oxidation sites excluding steroid dienone is 3. The van der Waals surface area contributed by atoms with E-state index in [9.17, 15) is 18.4 Å². The summed E-state index contributed by atoms with van der Waals surface area (Å²) in [7, 11) is 0. The standard InChI is InChI=1S/C16H10F3N5/c1-8-14(21-2)13(11(6-20)15(23-8)16(17,18)19)9-3-4-12-10(5-9)7-22-24-12/h3-5,7,13,23H,1H3,(H,22,24). The van der Waals surface area contributed by atoms with Crippen LogP contribution in [-0.2, 0) is 0 Å². The van der Waals surface area contributed by atoms with Crippen molar-refractivity contribution in [3.63, 3.8) is 0 Å². The molecule has 2 N–H and O–H groups in total. The normalized spacial score (nSPS) is 18.3. The molecule has 0 fully saturated rings. The van der Waals surface area contributed by atoms with Crippen molar-refractivity contribution in [3.8, 4) is 6.07 Å². The molecule has 0 aliphatic carbocycles. The number of alkyl halides is 3. The topological polar surface area (TPSA) is 68.9 Å². The Hall–Kier alpha value is -3.26. The lowest BCUT2D eigenvalue weighted by Gasteiger charge is -2.28. The minimum atomic E-state index is -4.71. The fraction of sp³-hybridized carbons (Fsp3) is 0.188. The quantitative estimate of drug-likeness (QED) is 0.783. The highest BCUT2D eigenvalue weighted by atomic mass is 19.4. The fourth-order valence-corrected chi connectivity index (χ4v) is 2.77. The molecule has 0 radical (unpaired) electrons. The summed E-state index contributed by atoms with van der Waals surface area (Å²) in [5, 5.41) is 18.8. The molecule has 3 rings (SSSR count). The largest absolute Gasteiger partial charge is 0.432 e. The molecule has 0 amide bonds. The van der Waals surface area contributed by atoms with Crippen molar-refractivity contribution >= 4 is 10.9 Å². The van der Waals surface area contributed by atoms with Gasteiger partial charge in [-0.15, -0.1) is 0 Å². The first-order valence-electron chi connectivity index (χ1n) is 6.86. The van der Waals surface area contributed by atoms with Gasteiger partial charge in [-0.1, -0.05) is 6.07 Å². The van der Waals surface area contributed by atoms with Gasteiger partial charge in [-0.05, 0) is 24.6 Å². The molecule has 1 aromatic carbocycles. The molecule has 120 valence electrons. The Morgan fingerprint density at radius 1 is 1.38 bits per heavy atom. The summed E-state index contributed by atoms with van der Waals surface area (Å²) in [5.74, 6) is -1.07. The number of hydrogen-bond donors (Lipinski definition) is 2. The van der Waals surface area contributed by atoms with E-state index in [4.69, 9.17) is 6.57 Å². The van der Waals surface area contributed by atoms with Crippen molar-refractivity contribution in [2.24, 2.45) is 0 Å². The van der Waals surface area contributed by atoms with Gasteiger partial charge in [0.25, 0.3) is 0 Å². The van der Waals surface area contributed by atoms with Crippen molar-refractivity contribution < 1.29 is 13.2 Å². The number of nitrogens with zero attached hydrogens (tertiary/aromatic N) is 3. The van der Waals surface area contributed by atoms with Crippen LogP contribution in [0.3, 0.4) is 0 Å². The molecule has 0 bridgehead atoms. The van der Waals surface area contributed by atoms with Gasteiger partial charge in [0.2, 0.25) is 0 Å².